The average Bonchev–Trinajstić information content (AvgIpc) is 2.43. The lowest BCUT2D eigenvalue weighted by atomic mass is 9.98. The fourth-order valence-electron chi connectivity index (χ4n) is 2.11. The van der Waals surface area contributed by atoms with Crippen LogP contribution in [0.25, 0.3) is 0 Å². The lowest BCUT2D eigenvalue weighted by Gasteiger charge is -2.19. The highest BCUT2D eigenvalue weighted by atomic mass is 16.3. The maximum absolute atomic E-state index is 11.5. The number of aliphatic hydroxyl groups is 1. The van der Waals surface area contributed by atoms with Crippen molar-refractivity contribution in [2.24, 2.45) is 5.92 Å². The Balaban J connectivity index is 2.36. The Labute approximate surface area is 86.1 Å². The fourth-order valence-corrected chi connectivity index (χ4v) is 2.11. The van der Waals surface area contributed by atoms with Crippen LogP contribution < -0.4 is 0 Å². The van der Waals surface area contributed by atoms with Gasteiger partial charge in [0.15, 0.2) is 0 Å². The van der Waals surface area contributed by atoms with Crippen LogP contribution in [0.1, 0.15) is 39.0 Å². The van der Waals surface area contributed by atoms with Crippen LogP contribution in [0.2, 0.25) is 0 Å². The third-order valence-electron chi connectivity index (χ3n) is 3.04. The van der Waals surface area contributed by atoms with Crippen molar-refractivity contribution in [3.05, 3.63) is 0 Å². The first-order valence-electron chi connectivity index (χ1n) is 5.66. The van der Waals surface area contributed by atoms with Gasteiger partial charge in [-0.1, -0.05) is 6.92 Å². The molecule has 0 radical (unpaired) electrons. The summed E-state index contributed by atoms with van der Waals surface area (Å²) in [7, 11) is 0. The standard InChI is InChI=1S/C11H21NO2/c1-2-11(14)12-7-3-4-10(5-8-12)6-9-13/h10,13H,2-9H2,1H3. The van der Waals surface area contributed by atoms with Crippen molar-refractivity contribution in [2.45, 2.75) is 39.0 Å². The van der Waals surface area contributed by atoms with Crippen molar-refractivity contribution in [1.82, 2.24) is 4.90 Å². The van der Waals surface area contributed by atoms with E-state index in [0.717, 1.165) is 38.8 Å². The van der Waals surface area contributed by atoms with Gasteiger partial charge >= 0.3 is 0 Å². The minimum atomic E-state index is 0.273. The number of nitrogens with zero attached hydrogens (tertiary/aromatic N) is 1. The van der Waals surface area contributed by atoms with Crippen LogP contribution in [-0.4, -0.2) is 35.6 Å². The number of hydrogen-bond acceptors (Lipinski definition) is 2. The van der Waals surface area contributed by atoms with Crippen LogP contribution in [0, 0.1) is 5.92 Å². The number of aliphatic hydroxyl groups excluding tert-OH is 1. The zero-order valence-electron chi connectivity index (χ0n) is 9.04. The first kappa shape index (κ1) is 11.5. The largest absolute Gasteiger partial charge is 0.396 e. The van der Waals surface area contributed by atoms with E-state index in [2.05, 4.69) is 0 Å². The van der Waals surface area contributed by atoms with E-state index in [1.165, 1.54) is 0 Å². The topological polar surface area (TPSA) is 40.5 Å². The molecule has 1 saturated heterocycles. The second-order valence-corrected chi connectivity index (χ2v) is 4.04. The van der Waals surface area contributed by atoms with E-state index in [9.17, 15) is 4.79 Å². The highest BCUT2D eigenvalue weighted by Crippen LogP contribution is 2.20. The van der Waals surface area contributed by atoms with E-state index in [4.69, 9.17) is 5.11 Å². The molecule has 0 saturated carbocycles. The normalized spacial score (nSPS) is 23.3. The molecule has 1 aliphatic rings. The zero-order valence-corrected chi connectivity index (χ0v) is 9.04. The Hall–Kier alpha value is -0.570. The maximum Gasteiger partial charge on any atom is 0.222 e. The second-order valence-electron chi connectivity index (χ2n) is 4.04. The molecular weight excluding hydrogens is 178 g/mol. The summed E-state index contributed by atoms with van der Waals surface area (Å²) in [5.74, 6) is 0.893. The number of amides is 1. The van der Waals surface area contributed by atoms with Gasteiger partial charge in [-0.3, -0.25) is 4.79 Å². The third-order valence-corrected chi connectivity index (χ3v) is 3.04. The molecule has 1 fully saturated rings. The number of rotatable bonds is 3. The molecule has 1 aliphatic heterocycles. The number of hydrogen-bond donors (Lipinski definition) is 1. The van der Waals surface area contributed by atoms with Gasteiger partial charge in [-0.2, -0.15) is 0 Å². The molecule has 82 valence electrons. The van der Waals surface area contributed by atoms with Gasteiger partial charge in [-0.25, -0.2) is 0 Å². The average molecular weight is 199 g/mol. The Morgan fingerprint density at radius 3 is 2.86 bits per heavy atom. The van der Waals surface area contributed by atoms with Crippen LogP contribution in [0.15, 0.2) is 0 Å². The Morgan fingerprint density at radius 1 is 1.43 bits per heavy atom. The van der Waals surface area contributed by atoms with Gasteiger partial charge in [0.1, 0.15) is 0 Å². The van der Waals surface area contributed by atoms with Crippen LogP contribution >= 0.6 is 0 Å². The predicted molar refractivity (Wildman–Crippen MR) is 55.9 cm³/mol. The molecule has 0 aromatic heterocycles. The van der Waals surface area contributed by atoms with E-state index >= 15 is 0 Å². The summed E-state index contributed by atoms with van der Waals surface area (Å²) in [5, 5.41) is 8.85. The summed E-state index contributed by atoms with van der Waals surface area (Å²) in [4.78, 5) is 13.4. The molecule has 0 bridgehead atoms. The minimum Gasteiger partial charge on any atom is -0.396 e. The third kappa shape index (κ3) is 3.29. The first-order valence-corrected chi connectivity index (χ1v) is 5.66. The van der Waals surface area contributed by atoms with Crippen molar-refractivity contribution < 1.29 is 9.90 Å². The molecule has 1 amide bonds. The maximum atomic E-state index is 11.5. The highest BCUT2D eigenvalue weighted by molar-refractivity contribution is 5.75. The van der Waals surface area contributed by atoms with Gasteiger partial charge < -0.3 is 10.0 Å². The summed E-state index contributed by atoms with van der Waals surface area (Å²) in [6.07, 6.45) is 4.83. The van der Waals surface area contributed by atoms with Crippen molar-refractivity contribution in [3.63, 3.8) is 0 Å². The Morgan fingerprint density at radius 2 is 2.21 bits per heavy atom. The van der Waals surface area contributed by atoms with Crippen molar-refractivity contribution in [3.8, 4) is 0 Å². The molecular formula is C11H21NO2. The van der Waals surface area contributed by atoms with E-state index in [0.29, 0.717) is 12.3 Å². The van der Waals surface area contributed by atoms with Gasteiger partial charge in [0.25, 0.3) is 0 Å². The van der Waals surface area contributed by atoms with Crippen molar-refractivity contribution in [2.75, 3.05) is 19.7 Å². The first-order chi connectivity index (χ1) is 6.77. The smallest absolute Gasteiger partial charge is 0.222 e. The Kier molecular flexibility index (Phi) is 4.94. The summed E-state index contributed by atoms with van der Waals surface area (Å²) in [5.41, 5.74) is 0. The molecule has 0 aliphatic carbocycles. The summed E-state index contributed by atoms with van der Waals surface area (Å²) < 4.78 is 0. The molecule has 3 nitrogen and oxygen atoms in total. The van der Waals surface area contributed by atoms with Gasteiger partial charge in [0.2, 0.25) is 5.91 Å². The zero-order chi connectivity index (χ0) is 10.4. The van der Waals surface area contributed by atoms with E-state index in [1.54, 1.807) is 0 Å². The molecule has 1 rings (SSSR count). The van der Waals surface area contributed by atoms with Crippen LogP contribution in [0.5, 0.6) is 0 Å². The SMILES string of the molecule is CCC(=O)N1CCCC(CCO)CC1. The summed E-state index contributed by atoms with van der Waals surface area (Å²) >= 11 is 0. The fraction of sp³-hybridized carbons (Fsp3) is 0.909. The Bertz CT molecular complexity index is 182. The molecule has 0 aromatic rings. The van der Waals surface area contributed by atoms with E-state index < -0.39 is 0 Å². The van der Waals surface area contributed by atoms with Crippen LogP contribution in [0.3, 0.4) is 0 Å². The molecule has 1 atom stereocenters. The highest BCUT2D eigenvalue weighted by Gasteiger charge is 2.18. The number of likely N-dealkylation sites (tertiary alicyclic amines) is 1. The van der Waals surface area contributed by atoms with Crippen molar-refractivity contribution in [1.29, 1.82) is 0 Å². The van der Waals surface area contributed by atoms with Crippen LogP contribution in [-0.2, 0) is 4.79 Å². The number of carbonyl (C=O) groups excluding carboxylic acids is 1. The molecule has 1 unspecified atom stereocenters. The van der Waals surface area contributed by atoms with E-state index in [1.807, 2.05) is 11.8 Å². The summed E-state index contributed by atoms with van der Waals surface area (Å²) in [6, 6.07) is 0. The molecule has 1 heterocycles. The minimum absolute atomic E-state index is 0.273. The number of carbonyl (C=O) groups is 1. The molecule has 14 heavy (non-hydrogen) atoms. The monoisotopic (exact) mass is 199 g/mol. The molecule has 1 N–H and O–H groups in total. The van der Waals surface area contributed by atoms with Crippen molar-refractivity contribution >= 4 is 5.91 Å². The quantitative estimate of drug-likeness (QED) is 0.746. The summed E-state index contributed by atoms with van der Waals surface area (Å²) in [6.45, 7) is 4.00. The van der Waals surface area contributed by atoms with E-state index in [-0.39, 0.29) is 12.5 Å². The van der Waals surface area contributed by atoms with Crippen LogP contribution in [0.4, 0.5) is 0 Å². The van der Waals surface area contributed by atoms with Gasteiger partial charge in [0.05, 0.1) is 0 Å². The van der Waals surface area contributed by atoms with Gasteiger partial charge in [-0.05, 0) is 31.6 Å². The molecule has 3 heteroatoms. The predicted octanol–water partition coefficient (Wildman–Crippen LogP) is 1.41. The lowest BCUT2D eigenvalue weighted by molar-refractivity contribution is -0.130. The molecule has 0 spiro atoms. The lowest BCUT2D eigenvalue weighted by Crippen LogP contribution is -2.31. The van der Waals surface area contributed by atoms with Gasteiger partial charge in [-0.15, -0.1) is 0 Å². The molecule has 0 aromatic carbocycles. The van der Waals surface area contributed by atoms with Gasteiger partial charge in [0, 0.05) is 26.1 Å². The second kappa shape index (κ2) is 6.02.